The van der Waals surface area contributed by atoms with Crippen LogP contribution in [0.1, 0.15) is 37.3 Å². The lowest BCUT2D eigenvalue weighted by molar-refractivity contribution is 0.191. The molecule has 0 amide bonds. The zero-order chi connectivity index (χ0) is 23.9. The van der Waals surface area contributed by atoms with Gasteiger partial charge in [-0.1, -0.05) is 30.4 Å². The van der Waals surface area contributed by atoms with E-state index in [4.69, 9.17) is 12.7 Å². The van der Waals surface area contributed by atoms with Gasteiger partial charge in [0.1, 0.15) is 0 Å². The van der Waals surface area contributed by atoms with Crippen molar-refractivity contribution in [1.29, 1.82) is 0 Å². The maximum Gasteiger partial charge on any atom is 0.239 e. The summed E-state index contributed by atoms with van der Waals surface area (Å²) in [6, 6.07) is 9.89. The number of hydrogen-bond acceptors (Lipinski definition) is 4. The van der Waals surface area contributed by atoms with Crippen molar-refractivity contribution in [2.45, 2.75) is 33.1 Å². The molecule has 1 aliphatic carbocycles. The van der Waals surface area contributed by atoms with Gasteiger partial charge in [0.15, 0.2) is 0 Å². The molecule has 0 bridgehead atoms. The molecule has 0 unspecified atom stereocenters. The van der Waals surface area contributed by atoms with Gasteiger partial charge in [-0.3, -0.25) is 9.69 Å². The average Bonchev–Trinajstić information content (AvgIpc) is 3.06. The molecule has 2 aliphatic rings. The summed E-state index contributed by atoms with van der Waals surface area (Å²) >= 11 is 0. The van der Waals surface area contributed by atoms with E-state index in [9.17, 15) is 4.79 Å². The molecule has 0 spiro atoms. The van der Waals surface area contributed by atoms with Crippen LogP contribution in [0.15, 0.2) is 53.0 Å². The third kappa shape index (κ3) is 5.73. The average molecular weight is 455 g/mol. The maximum absolute atomic E-state index is 11.8. The molecule has 5 nitrogen and oxygen atoms in total. The van der Waals surface area contributed by atoms with Crippen LogP contribution in [0.3, 0.4) is 0 Å². The minimum atomic E-state index is -0.203. The molecule has 176 valence electrons. The van der Waals surface area contributed by atoms with Crippen molar-refractivity contribution in [3.05, 3.63) is 80.3 Å². The molecule has 0 atom stereocenters. The zero-order valence-electron chi connectivity index (χ0n) is 20.4. The summed E-state index contributed by atoms with van der Waals surface area (Å²) in [6.45, 7) is 10.4. The van der Waals surface area contributed by atoms with Crippen LogP contribution >= 0.6 is 0 Å². The Labute approximate surface area is 203 Å². The third-order valence-corrected chi connectivity index (χ3v) is 6.65. The van der Waals surface area contributed by atoms with Crippen molar-refractivity contribution >= 4 is 31.9 Å². The number of rotatable bonds is 8. The molecule has 2 radical (unpaired) electrons. The quantitative estimate of drug-likeness (QED) is 0.453. The van der Waals surface area contributed by atoms with Gasteiger partial charge < -0.3 is 14.1 Å². The summed E-state index contributed by atoms with van der Waals surface area (Å²) in [5, 5.41) is 1.67. The number of aryl methyl sites for hydroxylation is 1. The summed E-state index contributed by atoms with van der Waals surface area (Å²) in [5.41, 5.74) is 3.82. The number of fused-ring (bicyclic) bond motifs is 1. The fraction of sp³-hybridized carbons (Fsp3) is 0.393. The van der Waals surface area contributed by atoms with Gasteiger partial charge >= 0.3 is 0 Å². The highest BCUT2D eigenvalue weighted by Crippen LogP contribution is 2.26. The monoisotopic (exact) mass is 455 g/mol. The van der Waals surface area contributed by atoms with Gasteiger partial charge in [0.2, 0.25) is 13.5 Å². The summed E-state index contributed by atoms with van der Waals surface area (Å²) in [4.78, 5) is 16.8. The predicted octanol–water partition coefficient (Wildman–Crippen LogP) is 2.59. The molecule has 4 rings (SSSR count). The van der Waals surface area contributed by atoms with Crippen molar-refractivity contribution in [1.82, 2.24) is 9.38 Å². The topological polar surface area (TPSA) is 37.7 Å². The molecule has 1 aliphatic heterocycles. The molecule has 1 aromatic heterocycles. The van der Waals surface area contributed by atoms with Crippen molar-refractivity contribution in [2.75, 3.05) is 44.2 Å². The van der Waals surface area contributed by atoms with Crippen LogP contribution in [0.5, 0.6) is 0 Å². The van der Waals surface area contributed by atoms with Gasteiger partial charge in [0.05, 0.1) is 12.4 Å². The van der Waals surface area contributed by atoms with E-state index in [1.807, 2.05) is 18.2 Å². The molecule has 1 saturated heterocycles. The molecular formula is C28H34BN3O2. The Bertz CT molecular complexity index is 1240. The number of hydrogen-bond donors (Lipinski definition) is 0. The van der Waals surface area contributed by atoms with E-state index >= 15 is 0 Å². The van der Waals surface area contributed by atoms with E-state index < -0.39 is 0 Å². The van der Waals surface area contributed by atoms with Gasteiger partial charge in [0.25, 0.3) is 0 Å². The van der Waals surface area contributed by atoms with Gasteiger partial charge in [-0.2, -0.15) is 0 Å². The van der Waals surface area contributed by atoms with Crippen LogP contribution < -0.4 is 21.0 Å². The van der Waals surface area contributed by atoms with Crippen LogP contribution in [-0.4, -0.2) is 56.7 Å². The molecule has 1 fully saturated rings. The maximum atomic E-state index is 11.8. The smallest absolute Gasteiger partial charge is 0.239 e. The fourth-order valence-electron chi connectivity index (χ4n) is 4.67. The first-order valence-corrected chi connectivity index (χ1v) is 12.3. The number of anilines is 1. The second-order valence-electron chi connectivity index (χ2n) is 8.98. The molecule has 6 heteroatoms. The van der Waals surface area contributed by atoms with Crippen LogP contribution in [0, 0.1) is 6.92 Å². The Morgan fingerprint density at radius 3 is 2.68 bits per heavy atom. The fourth-order valence-corrected chi connectivity index (χ4v) is 4.67. The lowest BCUT2D eigenvalue weighted by Crippen LogP contribution is -2.46. The minimum absolute atomic E-state index is 0.203. The number of nitrogens with zero attached hydrogens (tertiary/aromatic N) is 3. The van der Waals surface area contributed by atoms with Gasteiger partial charge in [0, 0.05) is 55.3 Å². The number of ether oxygens (including phenoxy) is 1. The molecule has 34 heavy (non-hydrogen) atoms. The molecule has 2 heterocycles. The highest BCUT2D eigenvalue weighted by molar-refractivity contribution is 6.06. The van der Waals surface area contributed by atoms with E-state index in [1.165, 1.54) is 27.4 Å². The first-order chi connectivity index (χ1) is 16.6. The minimum Gasteiger partial charge on any atom is -0.498 e. The normalized spacial score (nSPS) is 16.4. The van der Waals surface area contributed by atoms with E-state index in [0.717, 1.165) is 61.9 Å². The van der Waals surface area contributed by atoms with E-state index in [-0.39, 0.29) is 5.56 Å². The van der Waals surface area contributed by atoms with Crippen molar-refractivity contribution in [2.24, 2.45) is 0 Å². The number of unbranched alkanes of at least 4 members (excludes halogenated alkanes) is 1. The van der Waals surface area contributed by atoms with E-state index in [2.05, 4.69) is 54.0 Å². The summed E-state index contributed by atoms with van der Waals surface area (Å²) in [6.07, 6.45) is 13.0. The van der Waals surface area contributed by atoms with Gasteiger partial charge in [-0.25, -0.2) is 0 Å². The lowest BCUT2D eigenvalue weighted by atomic mass is 10.0. The van der Waals surface area contributed by atoms with Crippen molar-refractivity contribution in [3.8, 4) is 0 Å². The number of benzene rings is 1. The van der Waals surface area contributed by atoms with Crippen LogP contribution in [0.2, 0.25) is 0 Å². The second kappa shape index (κ2) is 11.4. The first kappa shape index (κ1) is 24.1. The Kier molecular flexibility index (Phi) is 8.12. The van der Waals surface area contributed by atoms with Crippen LogP contribution in [-0.2, 0) is 4.74 Å². The zero-order valence-corrected chi connectivity index (χ0v) is 20.4. The predicted molar refractivity (Wildman–Crippen MR) is 142 cm³/mol. The Hall–Kier alpha value is -2.99. The number of piperazine rings is 1. The second-order valence-corrected chi connectivity index (χ2v) is 8.98. The van der Waals surface area contributed by atoms with Crippen LogP contribution in [0.4, 0.5) is 5.69 Å². The van der Waals surface area contributed by atoms with Gasteiger partial charge in [-0.05, 0) is 68.3 Å². The summed E-state index contributed by atoms with van der Waals surface area (Å²) in [7, 11) is 5.88. The molecular weight excluding hydrogens is 421 g/mol. The first-order valence-electron chi connectivity index (χ1n) is 12.3. The Morgan fingerprint density at radius 1 is 1.06 bits per heavy atom. The van der Waals surface area contributed by atoms with E-state index in [1.54, 1.807) is 6.07 Å². The van der Waals surface area contributed by atoms with Gasteiger partial charge in [-0.15, -0.1) is 0 Å². The lowest BCUT2D eigenvalue weighted by Gasteiger charge is -2.37. The van der Waals surface area contributed by atoms with Crippen LogP contribution in [0.25, 0.3) is 18.2 Å². The number of allylic oxidation sites excluding steroid dienone is 3. The molecule has 1 aromatic carbocycles. The van der Waals surface area contributed by atoms with Crippen molar-refractivity contribution in [3.63, 3.8) is 0 Å². The molecule has 0 N–H and O–H groups in total. The third-order valence-electron chi connectivity index (χ3n) is 6.65. The standard InChI is InChI=1S/C28H34BN3O2/c1-3-7-25-22(2)8-6-9-27(25)31-19-17-30(18-20-31)16-4-5-21-34-24-12-10-23-11-15-28(33)32(29)26(23)14-13-24/h3,6-12,14-15H,4-5,13,16-21H2,1-2H3/b7-3-. The molecule has 2 aromatic rings. The molecule has 0 saturated carbocycles. The summed E-state index contributed by atoms with van der Waals surface area (Å²) < 4.78 is 7.21. The van der Waals surface area contributed by atoms with Crippen molar-refractivity contribution < 1.29 is 4.74 Å². The highest BCUT2D eigenvalue weighted by Gasteiger charge is 2.18. The Balaban J connectivity index is 1.20. The summed E-state index contributed by atoms with van der Waals surface area (Å²) in [5.74, 6) is 0.910. The number of aromatic nitrogens is 1. The SMILES string of the molecule is [B]n1c(=O)ccc2c1=CCC(OCCCCN1CCN(c3cccc(C)c3/C=C\C)CC1)=CC=2. The largest absolute Gasteiger partial charge is 0.498 e. The van der Waals surface area contributed by atoms with E-state index in [0.29, 0.717) is 13.0 Å². The Morgan fingerprint density at radius 2 is 1.88 bits per heavy atom. The number of pyridine rings is 1. The highest BCUT2D eigenvalue weighted by atomic mass is 16.5.